The van der Waals surface area contributed by atoms with E-state index < -0.39 is 0 Å². The molecule has 1 atom stereocenters. The van der Waals surface area contributed by atoms with Crippen molar-refractivity contribution in [2.75, 3.05) is 32.8 Å². The second-order valence-corrected chi connectivity index (χ2v) is 15.6. The first-order chi connectivity index (χ1) is 25.1. The summed E-state index contributed by atoms with van der Waals surface area (Å²) in [5, 5.41) is 10.3. The van der Waals surface area contributed by atoms with E-state index in [0.29, 0.717) is 19.6 Å². The molecule has 6 nitrogen and oxygen atoms in total. The second-order valence-electron chi connectivity index (χ2n) is 15.6. The minimum Gasteiger partial charge on any atom is -0.466 e. The highest BCUT2D eigenvalue weighted by Crippen LogP contribution is 2.18. The second kappa shape index (κ2) is 42.1. The Hall–Kier alpha value is -0.690. The largest absolute Gasteiger partial charge is 0.466 e. The highest BCUT2D eigenvalue weighted by atomic mass is 17.2. The number of carbonyl (C=O) groups excluding carboxylic acids is 1. The van der Waals surface area contributed by atoms with Crippen molar-refractivity contribution in [2.24, 2.45) is 0 Å². The monoisotopic (exact) mass is 726 g/mol. The van der Waals surface area contributed by atoms with Gasteiger partial charge < -0.3 is 14.7 Å². The molecule has 51 heavy (non-hydrogen) atoms. The number of nitrogens with zero attached hydrogens (tertiary/aromatic N) is 1. The quantitative estimate of drug-likeness (QED) is 0.0292. The standard InChI is InChI=1S/C45H91NO5/c1-5-9-12-15-18-26-33-40-49-45(48)37-30-23-19-24-31-38-46(42-43(47)8-4)39-32-25-20-27-34-41-50-51-44(35-28-21-16-13-10-6-2)36-29-22-17-14-11-7-3/h43-44,47H,5-42H2,1-4H3. The maximum Gasteiger partial charge on any atom is 0.305 e. The van der Waals surface area contributed by atoms with Crippen molar-refractivity contribution < 1.29 is 24.4 Å². The summed E-state index contributed by atoms with van der Waals surface area (Å²) in [6, 6.07) is 0. The molecule has 6 heteroatoms. The first-order valence-electron chi connectivity index (χ1n) is 22.9. The summed E-state index contributed by atoms with van der Waals surface area (Å²) in [5.41, 5.74) is 0. The molecule has 0 amide bonds. The molecule has 1 N–H and O–H groups in total. The van der Waals surface area contributed by atoms with Crippen molar-refractivity contribution >= 4 is 5.97 Å². The van der Waals surface area contributed by atoms with Crippen LogP contribution < -0.4 is 0 Å². The van der Waals surface area contributed by atoms with Crippen molar-refractivity contribution in [2.45, 2.75) is 252 Å². The van der Waals surface area contributed by atoms with E-state index >= 15 is 0 Å². The molecular weight excluding hydrogens is 634 g/mol. The van der Waals surface area contributed by atoms with Crippen molar-refractivity contribution in [1.82, 2.24) is 4.90 Å². The molecule has 306 valence electrons. The van der Waals surface area contributed by atoms with Crippen molar-refractivity contribution in [3.63, 3.8) is 0 Å². The fraction of sp³-hybridized carbons (Fsp3) is 0.978. The lowest BCUT2D eigenvalue weighted by atomic mass is 10.0. The number of hydrogen-bond acceptors (Lipinski definition) is 6. The van der Waals surface area contributed by atoms with Crippen LogP contribution in [0.2, 0.25) is 0 Å². The van der Waals surface area contributed by atoms with Gasteiger partial charge in [-0.15, -0.1) is 0 Å². The zero-order chi connectivity index (χ0) is 37.3. The summed E-state index contributed by atoms with van der Waals surface area (Å²) in [4.78, 5) is 26.2. The lowest BCUT2D eigenvalue weighted by molar-refractivity contribution is -0.327. The Morgan fingerprint density at radius 1 is 0.510 bits per heavy atom. The number of hydrogen-bond donors (Lipinski definition) is 1. The van der Waals surface area contributed by atoms with E-state index in [1.165, 1.54) is 154 Å². The Labute approximate surface area is 319 Å². The van der Waals surface area contributed by atoms with Crippen LogP contribution in [0.4, 0.5) is 0 Å². The summed E-state index contributed by atoms with van der Waals surface area (Å²) in [6.07, 6.45) is 39.8. The number of ether oxygens (including phenoxy) is 1. The normalized spacial score (nSPS) is 12.4. The molecule has 0 radical (unpaired) electrons. The van der Waals surface area contributed by atoms with Crippen molar-refractivity contribution in [3.8, 4) is 0 Å². The number of carbonyl (C=O) groups is 1. The predicted octanol–water partition coefficient (Wildman–Crippen LogP) is 13.5. The first-order valence-corrected chi connectivity index (χ1v) is 22.9. The molecule has 0 aromatic carbocycles. The van der Waals surface area contributed by atoms with Gasteiger partial charge >= 0.3 is 5.97 Å². The van der Waals surface area contributed by atoms with Gasteiger partial charge in [0.1, 0.15) is 0 Å². The van der Waals surface area contributed by atoms with Gasteiger partial charge in [-0.2, -0.15) is 0 Å². The van der Waals surface area contributed by atoms with E-state index in [1.54, 1.807) is 0 Å². The predicted molar refractivity (Wildman–Crippen MR) is 219 cm³/mol. The Morgan fingerprint density at radius 2 is 0.922 bits per heavy atom. The van der Waals surface area contributed by atoms with Gasteiger partial charge in [0, 0.05) is 13.0 Å². The topological polar surface area (TPSA) is 68.2 Å². The van der Waals surface area contributed by atoms with Crippen LogP contribution in [0.5, 0.6) is 0 Å². The molecule has 0 spiro atoms. The first kappa shape index (κ1) is 50.3. The van der Waals surface area contributed by atoms with Gasteiger partial charge in [-0.05, 0) is 64.5 Å². The van der Waals surface area contributed by atoms with Gasteiger partial charge in [0.15, 0.2) is 0 Å². The summed E-state index contributed by atoms with van der Waals surface area (Å²) in [6.45, 7) is 13.1. The molecule has 0 aromatic rings. The fourth-order valence-electron chi connectivity index (χ4n) is 6.89. The third kappa shape index (κ3) is 38.8. The lowest BCUT2D eigenvalue weighted by Crippen LogP contribution is -2.33. The summed E-state index contributed by atoms with van der Waals surface area (Å²) in [5.74, 6) is -0.0205. The van der Waals surface area contributed by atoms with Crippen LogP contribution in [0.15, 0.2) is 0 Å². The molecular formula is C45H91NO5. The molecule has 1 unspecified atom stereocenters. The van der Waals surface area contributed by atoms with Crippen LogP contribution in [0, 0.1) is 0 Å². The molecule has 0 rings (SSSR count). The molecule has 0 aliphatic rings. The third-order valence-corrected chi connectivity index (χ3v) is 10.5. The molecule has 0 bridgehead atoms. The average molecular weight is 726 g/mol. The zero-order valence-corrected chi connectivity index (χ0v) is 35.1. The van der Waals surface area contributed by atoms with Crippen LogP contribution >= 0.6 is 0 Å². The maximum absolute atomic E-state index is 12.0. The molecule has 0 saturated heterocycles. The number of aliphatic hydroxyl groups is 1. The molecule has 0 fully saturated rings. The van der Waals surface area contributed by atoms with E-state index in [9.17, 15) is 9.90 Å². The fourth-order valence-corrected chi connectivity index (χ4v) is 6.89. The highest BCUT2D eigenvalue weighted by molar-refractivity contribution is 5.69. The van der Waals surface area contributed by atoms with Gasteiger partial charge in [-0.25, -0.2) is 9.78 Å². The summed E-state index contributed by atoms with van der Waals surface area (Å²) < 4.78 is 5.43. The molecule has 0 heterocycles. The van der Waals surface area contributed by atoms with Crippen molar-refractivity contribution in [1.29, 1.82) is 0 Å². The zero-order valence-electron chi connectivity index (χ0n) is 35.1. The maximum atomic E-state index is 12.0. The Morgan fingerprint density at radius 3 is 1.41 bits per heavy atom. The lowest BCUT2D eigenvalue weighted by Gasteiger charge is -2.24. The smallest absolute Gasteiger partial charge is 0.305 e. The molecule has 0 aliphatic heterocycles. The van der Waals surface area contributed by atoms with E-state index in [4.69, 9.17) is 14.5 Å². The highest BCUT2D eigenvalue weighted by Gasteiger charge is 2.12. The molecule has 0 aromatic heterocycles. The third-order valence-electron chi connectivity index (χ3n) is 10.5. The summed E-state index contributed by atoms with van der Waals surface area (Å²) in [7, 11) is 0. The number of unbranched alkanes of at least 4 members (excludes halogenated alkanes) is 24. The van der Waals surface area contributed by atoms with Gasteiger partial charge in [0.2, 0.25) is 0 Å². The van der Waals surface area contributed by atoms with Crippen LogP contribution in [0.1, 0.15) is 240 Å². The minimum atomic E-state index is -0.236. The Kier molecular flexibility index (Phi) is 41.5. The van der Waals surface area contributed by atoms with E-state index in [0.717, 1.165) is 71.0 Å². The minimum absolute atomic E-state index is 0.0205. The van der Waals surface area contributed by atoms with E-state index in [-0.39, 0.29) is 18.2 Å². The van der Waals surface area contributed by atoms with E-state index in [2.05, 4.69) is 32.6 Å². The van der Waals surface area contributed by atoms with Crippen LogP contribution in [0.3, 0.4) is 0 Å². The number of esters is 1. The molecule has 0 aliphatic carbocycles. The van der Waals surface area contributed by atoms with Gasteiger partial charge in [-0.3, -0.25) is 4.79 Å². The molecule has 0 saturated carbocycles. The van der Waals surface area contributed by atoms with Crippen LogP contribution in [0.25, 0.3) is 0 Å². The van der Waals surface area contributed by atoms with Gasteiger partial charge in [-0.1, -0.05) is 182 Å². The van der Waals surface area contributed by atoms with Gasteiger partial charge in [0.25, 0.3) is 0 Å². The SMILES string of the molecule is CCCCCCCCCOC(=O)CCCCCCCN(CCCCCCCOOC(CCCCCCCC)CCCCCCCC)CC(O)CC. The number of rotatable bonds is 43. The van der Waals surface area contributed by atoms with Crippen LogP contribution in [-0.4, -0.2) is 61.0 Å². The number of aliphatic hydroxyl groups excluding tert-OH is 1. The van der Waals surface area contributed by atoms with E-state index in [1.807, 2.05) is 0 Å². The van der Waals surface area contributed by atoms with Crippen LogP contribution in [-0.2, 0) is 19.3 Å². The van der Waals surface area contributed by atoms with Crippen molar-refractivity contribution in [3.05, 3.63) is 0 Å². The summed E-state index contributed by atoms with van der Waals surface area (Å²) >= 11 is 0. The Balaban J connectivity index is 4.00. The Bertz CT molecular complexity index is 661. The van der Waals surface area contributed by atoms with Gasteiger partial charge in [0.05, 0.1) is 25.4 Å². The average Bonchev–Trinajstić information content (AvgIpc) is 3.13.